The second kappa shape index (κ2) is 3.61. The van der Waals surface area contributed by atoms with Gasteiger partial charge in [-0.15, -0.1) is 0 Å². The summed E-state index contributed by atoms with van der Waals surface area (Å²) in [4.78, 5) is 22.7. The molecule has 0 radical (unpaired) electrons. The van der Waals surface area contributed by atoms with Gasteiger partial charge in [0.2, 0.25) is 0 Å². The first-order chi connectivity index (χ1) is 7.44. The molecule has 2 saturated carbocycles. The second-order valence-electron chi connectivity index (χ2n) is 4.97. The van der Waals surface area contributed by atoms with Crippen LogP contribution in [0, 0.1) is 11.8 Å². The molecule has 0 heterocycles. The molecule has 2 aliphatic carbocycles. The number of hydrogen-bond donors (Lipinski definition) is 1. The van der Waals surface area contributed by atoms with Crippen molar-refractivity contribution in [3.8, 4) is 0 Å². The van der Waals surface area contributed by atoms with E-state index < -0.39 is 23.5 Å². The molecule has 0 saturated heterocycles. The van der Waals surface area contributed by atoms with Crippen LogP contribution in [0.4, 0.5) is 0 Å². The van der Waals surface area contributed by atoms with E-state index in [0.717, 1.165) is 6.42 Å². The topological polar surface area (TPSA) is 63.6 Å². The number of carboxylic acids is 1. The third kappa shape index (κ3) is 1.62. The highest BCUT2D eigenvalue weighted by Crippen LogP contribution is 2.53. The van der Waals surface area contributed by atoms with Crippen LogP contribution < -0.4 is 0 Å². The Hall–Kier alpha value is -1.32. The predicted molar refractivity (Wildman–Crippen MR) is 56.7 cm³/mol. The average molecular weight is 224 g/mol. The monoisotopic (exact) mass is 224 g/mol. The van der Waals surface area contributed by atoms with Crippen LogP contribution in [-0.4, -0.2) is 22.6 Å². The fourth-order valence-electron chi connectivity index (χ4n) is 2.97. The van der Waals surface area contributed by atoms with Gasteiger partial charge in [0.05, 0.1) is 5.92 Å². The Morgan fingerprint density at radius 1 is 1.50 bits per heavy atom. The van der Waals surface area contributed by atoms with Gasteiger partial charge in [-0.1, -0.05) is 6.58 Å². The van der Waals surface area contributed by atoms with Gasteiger partial charge in [-0.3, -0.25) is 4.79 Å². The van der Waals surface area contributed by atoms with Crippen LogP contribution in [0.5, 0.6) is 0 Å². The van der Waals surface area contributed by atoms with Gasteiger partial charge in [0, 0.05) is 5.57 Å². The molecule has 2 bridgehead atoms. The normalized spacial score (nSPS) is 36.1. The maximum absolute atomic E-state index is 11.5. The highest BCUT2D eigenvalue weighted by atomic mass is 16.6. The average Bonchev–Trinajstić information content (AvgIpc) is 2.73. The smallest absolute Gasteiger partial charge is 0.333 e. The minimum atomic E-state index is -0.850. The van der Waals surface area contributed by atoms with E-state index in [1.807, 2.05) is 0 Å². The van der Waals surface area contributed by atoms with Gasteiger partial charge in [-0.05, 0) is 38.5 Å². The molecule has 0 aromatic carbocycles. The molecular formula is C12H16O4. The summed E-state index contributed by atoms with van der Waals surface area (Å²) >= 11 is 0. The van der Waals surface area contributed by atoms with Crippen LogP contribution in [0.15, 0.2) is 12.2 Å². The summed E-state index contributed by atoms with van der Waals surface area (Å²) in [6.45, 7) is 5.10. The fourth-order valence-corrected chi connectivity index (χ4v) is 2.97. The Bertz CT molecular complexity index is 360. The zero-order chi connectivity index (χ0) is 11.9. The molecule has 2 fully saturated rings. The van der Waals surface area contributed by atoms with Crippen LogP contribution in [0.3, 0.4) is 0 Å². The van der Waals surface area contributed by atoms with E-state index >= 15 is 0 Å². The van der Waals surface area contributed by atoms with Crippen molar-refractivity contribution in [1.82, 2.24) is 0 Å². The molecule has 3 unspecified atom stereocenters. The lowest BCUT2D eigenvalue weighted by Gasteiger charge is -2.32. The quantitative estimate of drug-likeness (QED) is 0.586. The van der Waals surface area contributed by atoms with Crippen molar-refractivity contribution in [2.75, 3.05) is 0 Å². The van der Waals surface area contributed by atoms with Crippen LogP contribution >= 0.6 is 0 Å². The summed E-state index contributed by atoms with van der Waals surface area (Å²) < 4.78 is 5.41. The molecule has 0 aliphatic heterocycles. The van der Waals surface area contributed by atoms with Crippen LogP contribution in [0.1, 0.15) is 32.6 Å². The summed E-state index contributed by atoms with van der Waals surface area (Å²) in [5, 5.41) is 9.14. The van der Waals surface area contributed by atoms with E-state index in [1.165, 1.54) is 0 Å². The minimum absolute atomic E-state index is 0.328. The van der Waals surface area contributed by atoms with Crippen molar-refractivity contribution in [2.24, 2.45) is 11.8 Å². The summed E-state index contributed by atoms with van der Waals surface area (Å²) in [5.74, 6) is -1.45. The summed E-state index contributed by atoms with van der Waals surface area (Å²) in [6, 6.07) is 0. The van der Waals surface area contributed by atoms with Gasteiger partial charge in [-0.2, -0.15) is 0 Å². The molecule has 3 atom stereocenters. The molecule has 2 rings (SSSR count). The highest BCUT2D eigenvalue weighted by Gasteiger charge is 2.57. The first-order valence-corrected chi connectivity index (χ1v) is 5.56. The molecule has 0 amide bonds. The predicted octanol–water partition coefficient (Wildman–Crippen LogP) is 1.75. The molecule has 4 heteroatoms. The zero-order valence-corrected chi connectivity index (χ0v) is 9.36. The van der Waals surface area contributed by atoms with Crippen molar-refractivity contribution in [1.29, 1.82) is 0 Å². The molecule has 0 spiro atoms. The Labute approximate surface area is 94.3 Å². The van der Waals surface area contributed by atoms with E-state index in [9.17, 15) is 9.59 Å². The van der Waals surface area contributed by atoms with Crippen LogP contribution in [-0.2, 0) is 14.3 Å². The van der Waals surface area contributed by atoms with Crippen molar-refractivity contribution in [3.63, 3.8) is 0 Å². The molecule has 2 aliphatic rings. The van der Waals surface area contributed by atoms with Gasteiger partial charge in [0.15, 0.2) is 0 Å². The summed E-state index contributed by atoms with van der Waals surface area (Å²) in [6.07, 6.45) is 2.97. The lowest BCUT2D eigenvalue weighted by molar-refractivity contribution is -0.167. The Morgan fingerprint density at radius 3 is 2.69 bits per heavy atom. The summed E-state index contributed by atoms with van der Waals surface area (Å²) in [5.41, 5.74) is -0.430. The maximum atomic E-state index is 11.5. The number of carbonyl (C=O) groups is 2. The van der Waals surface area contributed by atoms with Crippen molar-refractivity contribution >= 4 is 11.9 Å². The number of ether oxygens (including phenoxy) is 1. The molecule has 0 aromatic heterocycles. The molecular weight excluding hydrogens is 208 g/mol. The third-order valence-corrected chi connectivity index (χ3v) is 3.76. The molecule has 0 aromatic rings. The van der Waals surface area contributed by atoms with Gasteiger partial charge in [0.1, 0.15) is 5.60 Å². The van der Waals surface area contributed by atoms with E-state index in [0.29, 0.717) is 30.8 Å². The van der Waals surface area contributed by atoms with Gasteiger partial charge in [-0.25, -0.2) is 4.79 Å². The number of rotatable bonds is 3. The van der Waals surface area contributed by atoms with Crippen molar-refractivity contribution < 1.29 is 19.4 Å². The van der Waals surface area contributed by atoms with E-state index in [4.69, 9.17) is 9.84 Å². The lowest BCUT2D eigenvalue weighted by atomic mass is 9.85. The molecule has 88 valence electrons. The summed E-state index contributed by atoms with van der Waals surface area (Å²) in [7, 11) is 0. The van der Waals surface area contributed by atoms with E-state index in [1.54, 1.807) is 6.92 Å². The number of esters is 1. The Kier molecular flexibility index (Phi) is 2.52. The molecule has 4 nitrogen and oxygen atoms in total. The highest BCUT2D eigenvalue weighted by molar-refractivity contribution is 5.87. The van der Waals surface area contributed by atoms with Gasteiger partial charge in [0.25, 0.3) is 0 Å². The Balaban J connectivity index is 2.18. The number of aliphatic carboxylic acids is 1. The van der Waals surface area contributed by atoms with Crippen molar-refractivity contribution in [3.05, 3.63) is 12.2 Å². The van der Waals surface area contributed by atoms with Crippen molar-refractivity contribution in [2.45, 2.75) is 38.2 Å². The number of fused-ring (bicyclic) bond motifs is 2. The number of hydrogen-bond acceptors (Lipinski definition) is 3. The number of carbonyl (C=O) groups excluding carboxylic acids is 1. The second-order valence-corrected chi connectivity index (χ2v) is 4.97. The fraction of sp³-hybridized carbons (Fsp3) is 0.667. The molecule has 16 heavy (non-hydrogen) atoms. The van der Waals surface area contributed by atoms with Crippen LogP contribution in [0.2, 0.25) is 0 Å². The zero-order valence-electron chi connectivity index (χ0n) is 9.36. The minimum Gasteiger partial charge on any atom is -0.481 e. The standard InChI is InChI=1S/C12H16O4/c1-7(2)11(15)16-12-4-3-8(6-12)5-9(12)10(13)14/h8-9H,1,3-6H2,2H3,(H,13,14). The SMILES string of the molecule is C=C(C)C(=O)OC12CCC(CC1C(=O)O)C2. The lowest BCUT2D eigenvalue weighted by Crippen LogP contribution is -2.42. The van der Waals surface area contributed by atoms with E-state index in [2.05, 4.69) is 6.58 Å². The third-order valence-electron chi connectivity index (χ3n) is 3.76. The maximum Gasteiger partial charge on any atom is 0.333 e. The largest absolute Gasteiger partial charge is 0.481 e. The first-order valence-electron chi connectivity index (χ1n) is 5.56. The van der Waals surface area contributed by atoms with Gasteiger partial charge >= 0.3 is 11.9 Å². The number of carboxylic acid groups (broad SMARTS) is 1. The molecule has 1 N–H and O–H groups in total. The van der Waals surface area contributed by atoms with Crippen LogP contribution in [0.25, 0.3) is 0 Å². The Morgan fingerprint density at radius 2 is 2.19 bits per heavy atom. The van der Waals surface area contributed by atoms with Gasteiger partial charge < -0.3 is 9.84 Å². The van der Waals surface area contributed by atoms with E-state index in [-0.39, 0.29) is 0 Å². The first kappa shape index (κ1) is 11.2.